The number of nitrogens with zero attached hydrogens (tertiary/aromatic N) is 5. The van der Waals surface area contributed by atoms with Crippen molar-refractivity contribution in [3.63, 3.8) is 0 Å². The Morgan fingerprint density at radius 1 is 1.11 bits per heavy atom. The molecule has 0 spiro atoms. The second-order valence-electron chi connectivity index (χ2n) is 7.04. The monoisotopic (exact) mass is 391 g/mol. The molecule has 2 aromatic rings. The fourth-order valence-corrected chi connectivity index (χ4v) is 3.70. The molecular formula is C19H29N5O4. The van der Waals surface area contributed by atoms with E-state index in [9.17, 15) is 9.59 Å². The molecule has 0 saturated heterocycles. The van der Waals surface area contributed by atoms with Crippen molar-refractivity contribution in [2.24, 2.45) is 0 Å². The van der Waals surface area contributed by atoms with Crippen LogP contribution in [0.3, 0.4) is 0 Å². The summed E-state index contributed by atoms with van der Waals surface area (Å²) in [6, 6.07) is 1.94. The van der Waals surface area contributed by atoms with Crippen LogP contribution in [0.15, 0.2) is 10.9 Å². The van der Waals surface area contributed by atoms with Gasteiger partial charge in [0.25, 0.3) is 5.91 Å². The largest absolute Gasteiger partial charge is 0.383 e. The first-order valence-corrected chi connectivity index (χ1v) is 9.58. The number of ether oxygens (including phenoxy) is 2. The van der Waals surface area contributed by atoms with Crippen molar-refractivity contribution in [2.75, 3.05) is 40.5 Å². The van der Waals surface area contributed by atoms with Gasteiger partial charge in [0.1, 0.15) is 5.82 Å². The lowest BCUT2D eigenvalue weighted by molar-refractivity contribution is 0.0757. The normalized spacial score (nSPS) is 14.2. The van der Waals surface area contributed by atoms with Gasteiger partial charge in [0.05, 0.1) is 25.3 Å². The Bertz CT molecular complexity index is 895. The molecule has 1 aliphatic heterocycles. The Kier molecular flexibility index (Phi) is 6.35. The summed E-state index contributed by atoms with van der Waals surface area (Å²) in [4.78, 5) is 27.5. The molecule has 3 rings (SSSR count). The number of hydrogen-bond donors (Lipinski definition) is 0. The van der Waals surface area contributed by atoms with Crippen molar-refractivity contribution in [3.05, 3.63) is 39.3 Å². The summed E-state index contributed by atoms with van der Waals surface area (Å²) < 4.78 is 15.4. The quantitative estimate of drug-likeness (QED) is 0.685. The topological polar surface area (TPSA) is 83.5 Å². The number of aromatic nitrogens is 4. The van der Waals surface area contributed by atoms with Crippen LogP contribution in [0, 0.1) is 13.8 Å². The van der Waals surface area contributed by atoms with Gasteiger partial charge in [-0.05, 0) is 19.9 Å². The number of carbonyl (C=O) groups is 1. The minimum atomic E-state index is -0.140. The van der Waals surface area contributed by atoms with Crippen LogP contribution < -0.4 is 5.69 Å². The van der Waals surface area contributed by atoms with Crippen molar-refractivity contribution in [1.82, 2.24) is 23.8 Å². The van der Waals surface area contributed by atoms with Crippen LogP contribution in [0.1, 0.15) is 27.6 Å². The maximum Gasteiger partial charge on any atom is 0.346 e. The Morgan fingerprint density at radius 3 is 2.54 bits per heavy atom. The van der Waals surface area contributed by atoms with Crippen molar-refractivity contribution in [2.45, 2.75) is 39.9 Å². The minimum Gasteiger partial charge on any atom is -0.383 e. The van der Waals surface area contributed by atoms with Crippen LogP contribution in [0.5, 0.6) is 0 Å². The maximum absolute atomic E-state index is 13.1. The first-order valence-electron chi connectivity index (χ1n) is 9.58. The summed E-state index contributed by atoms with van der Waals surface area (Å²) in [5.41, 5.74) is 2.56. The molecule has 2 aromatic heterocycles. The molecule has 28 heavy (non-hydrogen) atoms. The lowest BCUT2D eigenvalue weighted by Gasteiger charge is -2.20. The average Bonchev–Trinajstić information content (AvgIpc) is 3.03. The Labute approximate surface area is 164 Å². The molecule has 0 N–H and O–H groups in total. The summed E-state index contributed by atoms with van der Waals surface area (Å²) >= 11 is 0. The number of carbonyl (C=O) groups excluding carboxylic acids is 1. The van der Waals surface area contributed by atoms with Crippen LogP contribution in [0.2, 0.25) is 0 Å². The number of methoxy groups -OCH3 is 2. The molecule has 0 aromatic carbocycles. The van der Waals surface area contributed by atoms with E-state index in [1.807, 2.05) is 24.8 Å². The van der Waals surface area contributed by atoms with Crippen LogP contribution >= 0.6 is 0 Å². The third-order valence-electron chi connectivity index (χ3n) is 5.32. The molecule has 0 atom stereocenters. The molecule has 0 aliphatic carbocycles. The molecule has 154 valence electrons. The Balaban J connectivity index is 1.74. The van der Waals surface area contributed by atoms with Crippen molar-refractivity contribution in [3.8, 4) is 0 Å². The summed E-state index contributed by atoms with van der Waals surface area (Å²) in [7, 11) is 3.27. The molecule has 0 bridgehead atoms. The van der Waals surface area contributed by atoms with Gasteiger partial charge in [-0.3, -0.25) is 9.36 Å². The van der Waals surface area contributed by atoms with E-state index in [0.29, 0.717) is 51.4 Å². The van der Waals surface area contributed by atoms with Crippen molar-refractivity contribution < 1.29 is 14.3 Å². The van der Waals surface area contributed by atoms with Crippen molar-refractivity contribution >= 4 is 5.91 Å². The van der Waals surface area contributed by atoms with Gasteiger partial charge in [0.15, 0.2) is 0 Å². The molecule has 0 saturated carbocycles. The lowest BCUT2D eigenvalue weighted by Crippen LogP contribution is -2.35. The van der Waals surface area contributed by atoms with Gasteiger partial charge in [-0.2, -0.15) is 5.10 Å². The second kappa shape index (κ2) is 8.74. The number of fused-ring (bicyclic) bond motifs is 1. The maximum atomic E-state index is 13.1. The van der Waals surface area contributed by atoms with E-state index >= 15 is 0 Å². The molecule has 0 radical (unpaired) electrons. The number of aryl methyl sites for hydroxylation is 1. The minimum absolute atomic E-state index is 0.00206. The molecule has 3 heterocycles. The van der Waals surface area contributed by atoms with E-state index in [2.05, 4.69) is 9.67 Å². The zero-order chi connectivity index (χ0) is 20.3. The molecule has 9 heteroatoms. The van der Waals surface area contributed by atoms with Crippen LogP contribution in [-0.2, 0) is 35.5 Å². The van der Waals surface area contributed by atoms with Gasteiger partial charge >= 0.3 is 5.69 Å². The highest BCUT2D eigenvalue weighted by molar-refractivity contribution is 5.95. The highest BCUT2D eigenvalue weighted by atomic mass is 16.5. The van der Waals surface area contributed by atoms with Gasteiger partial charge in [0.2, 0.25) is 0 Å². The molecule has 0 unspecified atom stereocenters. The molecule has 0 fully saturated rings. The van der Waals surface area contributed by atoms with Gasteiger partial charge in [-0.15, -0.1) is 0 Å². The molecule has 1 amide bonds. The Morgan fingerprint density at radius 2 is 1.82 bits per heavy atom. The smallest absolute Gasteiger partial charge is 0.346 e. The van der Waals surface area contributed by atoms with Gasteiger partial charge in [0, 0.05) is 58.2 Å². The fourth-order valence-electron chi connectivity index (χ4n) is 3.70. The molecule has 1 aliphatic rings. The van der Waals surface area contributed by atoms with E-state index in [1.165, 1.54) is 4.68 Å². The van der Waals surface area contributed by atoms with Crippen LogP contribution in [0.4, 0.5) is 0 Å². The summed E-state index contributed by atoms with van der Waals surface area (Å²) in [5, 5.41) is 4.42. The van der Waals surface area contributed by atoms with E-state index in [1.54, 1.807) is 18.8 Å². The fraction of sp³-hybridized carbons (Fsp3) is 0.632. The third-order valence-corrected chi connectivity index (χ3v) is 5.32. The number of amides is 1. The average molecular weight is 391 g/mol. The summed E-state index contributed by atoms with van der Waals surface area (Å²) in [6.07, 6.45) is 0.559. The van der Waals surface area contributed by atoms with E-state index in [-0.39, 0.29) is 11.6 Å². The lowest BCUT2D eigenvalue weighted by atomic mass is 10.2. The van der Waals surface area contributed by atoms with Crippen LogP contribution in [0.25, 0.3) is 0 Å². The number of rotatable bonds is 7. The summed E-state index contributed by atoms with van der Waals surface area (Å²) in [6.45, 7) is 7.65. The van der Waals surface area contributed by atoms with E-state index < -0.39 is 0 Å². The highest BCUT2D eigenvalue weighted by Gasteiger charge is 2.25. The van der Waals surface area contributed by atoms with Gasteiger partial charge in [-0.25, -0.2) is 9.48 Å². The van der Waals surface area contributed by atoms with Crippen LogP contribution in [-0.4, -0.2) is 70.2 Å². The van der Waals surface area contributed by atoms with Gasteiger partial charge in [-0.1, -0.05) is 0 Å². The highest BCUT2D eigenvalue weighted by Crippen LogP contribution is 2.18. The summed E-state index contributed by atoms with van der Waals surface area (Å²) in [5.74, 6) is 0.726. The SMILES string of the molecule is COCCn1c(C)cc(C(=O)N2CCc3nn(CCOC)c(=O)n3CC2)c1C. The predicted molar refractivity (Wildman–Crippen MR) is 104 cm³/mol. The second-order valence-corrected chi connectivity index (χ2v) is 7.04. The standard InChI is InChI=1S/C19H29N5O4/c1-14-13-16(15(2)22(14)9-11-27-3)18(25)21-6-5-17-20-24(10-12-28-4)19(26)23(17)8-7-21/h13H,5-12H2,1-4H3. The molecule has 9 nitrogen and oxygen atoms in total. The zero-order valence-electron chi connectivity index (χ0n) is 17.1. The number of hydrogen-bond acceptors (Lipinski definition) is 5. The predicted octanol–water partition coefficient (Wildman–Crippen LogP) is 0.454. The van der Waals surface area contributed by atoms with Crippen molar-refractivity contribution in [1.29, 1.82) is 0 Å². The first-order chi connectivity index (χ1) is 13.5. The van der Waals surface area contributed by atoms with Gasteiger partial charge < -0.3 is 18.9 Å². The Hall–Kier alpha value is -2.39. The van der Waals surface area contributed by atoms with E-state index in [4.69, 9.17) is 9.47 Å². The zero-order valence-corrected chi connectivity index (χ0v) is 17.1. The molecular weight excluding hydrogens is 362 g/mol. The first kappa shape index (κ1) is 20.3. The van der Waals surface area contributed by atoms with E-state index in [0.717, 1.165) is 23.8 Å². The third kappa shape index (κ3) is 3.90.